The Morgan fingerprint density at radius 1 is 1.12 bits per heavy atom. The van der Waals surface area contributed by atoms with E-state index in [0.29, 0.717) is 32.2 Å². The Hall–Kier alpha value is -2.63. The van der Waals surface area contributed by atoms with Crippen LogP contribution in [-0.2, 0) is 11.3 Å². The van der Waals surface area contributed by atoms with E-state index in [1.165, 1.54) is 0 Å². The van der Waals surface area contributed by atoms with Crippen LogP contribution in [0.25, 0.3) is 10.9 Å². The summed E-state index contributed by atoms with van der Waals surface area (Å²) < 4.78 is 0. The van der Waals surface area contributed by atoms with Gasteiger partial charge in [-0.05, 0) is 37.3 Å². The van der Waals surface area contributed by atoms with E-state index in [1.54, 1.807) is 6.20 Å². The molecule has 1 heterocycles. The molecule has 2 amide bonds. The number of para-hydroxylation sites is 1. The van der Waals surface area contributed by atoms with E-state index >= 15 is 0 Å². The quantitative estimate of drug-likeness (QED) is 0.805. The number of hydrogen-bond acceptors (Lipinski definition) is 3. The number of amides is 2. The van der Waals surface area contributed by atoms with Crippen LogP contribution in [0.2, 0.25) is 0 Å². The van der Waals surface area contributed by atoms with Gasteiger partial charge in [-0.2, -0.15) is 0 Å². The van der Waals surface area contributed by atoms with Gasteiger partial charge in [-0.15, -0.1) is 0 Å². The maximum Gasteiger partial charge on any atom is 0.315 e. The van der Waals surface area contributed by atoms with Gasteiger partial charge in [-0.3, -0.25) is 9.78 Å². The molecule has 0 bridgehead atoms. The molecule has 126 valence electrons. The summed E-state index contributed by atoms with van der Waals surface area (Å²) in [4.78, 5) is 27.4. The van der Waals surface area contributed by atoms with Crippen LogP contribution in [0.1, 0.15) is 31.2 Å². The minimum atomic E-state index is -0.735. The van der Waals surface area contributed by atoms with Gasteiger partial charge in [0.15, 0.2) is 0 Å². The zero-order valence-corrected chi connectivity index (χ0v) is 13.4. The molecule has 1 aliphatic rings. The SMILES string of the molecule is O=C(NCc1cccc2cccnc12)NC1CCC(C(=O)O)CC1. The largest absolute Gasteiger partial charge is 0.481 e. The van der Waals surface area contributed by atoms with Crippen molar-refractivity contribution in [2.45, 2.75) is 38.3 Å². The fraction of sp³-hybridized carbons (Fsp3) is 0.389. The molecule has 0 spiro atoms. The number of hydrogen-bond donors (Lipinski definition) is 3. The number of carbonyl (C=O) groups excluding carboxylic acids is 1. The summed E-state index contributed by atoms with van der Waals surface area (Å²) in [5.74, 6) is -1.01. The Balaban J connectivity index is 1.52. The Bertz CT molecular complexity index is 734. The number of benzene rings is 1. The number of aliphatic carboxylic acids is 1. The van der Waals surface area contributed by atoms with Crippen molar-refractivity contribution in [3.05, 3.63) is 42.1 Å². The van der Waals surface area contributed by atoms with Gasteiger partial charge < -0.3 is 15.7 Å². The Morgan fingerprint density at radius 3 is 2.62 bits per heavy atom. The summed E-state index contributed by atoms with van der Waals surface area (Å²) >= 11 is 0. The van der Waals surface area contributed by atoms with E-state index in [1.807, 2.05) is 30.3 Å². The fourth-order valence-corrected chi connectivity index (χ4v) is 3.21. The van der Waals surface area contributed by atoms with Gasteiger partial charge in [-0.1, -0.05) is 24.3 Å². The lowest BCUT2D eigenvalue weighted by Gasteiger charge is -2.26. The van der Waals surface area contributed by atoms with Crippen LogP contribution in [0.4, 0.5) is 4.79 Å². The highest BCUT2D eigenvalue weighted by atomic mass is 16.4. The molecule has 24 heavy (non-hydrogen) atoms. The average Bonchev–Trinajstić information content (AvgIpc) is 2.60. The number of pyridine rings is 1. The average molecular weight is 327 g/mol. The predicted molar refractivity (Wildman–Crippen MR) is 90.5 cm³/mol. The second-order valence-corrected chi connectivity index (χ2v) is 6.21. The molecule has 0 aliphatic heterocycles. The van der Waals surface area contributed by atoms with E-state index in [0.717, 1.165) is 16.5 Å². The molecule has 1 aliphatic carbocycles. The van der Waals surface area contributed by atoms with Crippen LogP contribution >= 0.6 is 0 Å². The highest BCUT2D eigenvalue weighted by Crippen LogP contribution is 2.24. The minimum absolute atomic E-state index is 0.0474. The molecule has 1 aromatic heterocycles. The number of nitrogens with zero attached hydrogens (tertiary/aromatic N) is 1. The van der Waals surface area contributed by atoms with Crippen molar-refractivity contribution in [2.75, 3.05) is 0 Å². The highest BCUT2D eigenvalue weighted by Gasteiger charge is 2.26. The molecule has 0 saturated heterocycles. The number of urea groups is 1. The Kier molecular flexibility index (Phi) is 4.93. The number of carbonyl (C=O) groups is 2. The van der Waals surface area contributed by atoms with Gasteiger partial charge in [0.25, 0.3) is 0 Å². The molecular formula is C18H21N3O3. The van der Waals surface area contributed by atoms with E-state index in [2.05, 4.69) is 15.6 Å². The predicted octanol–water partition coefficient (Wildman–Crippen LogP) is 2.68. The number of rotatable bonds is 4. The van der Waals surface area contributed by atoms with Crippen LogP contribution in [0.5, 0.6) is 0 Å². The molecule has 2 aromatic rings. The van der Waals surface area contributed by atoms with Crippen molar-refractivity contribution >= 4 is 22.9 Å². The van der Waals surface area contributed by atoms with Crippen LogP contribution < -0.4 is 10.6 Å². The minimum Gasteiger partial charge on any atom is -0.481 e. The van der Waals surface area contributed by atoms with Crippen LogP contribution in [0.3, 0.4) is 0 Å². The summed E-state index contributed by atoms with van der Waals surface area (Å²) in [6.07, 6.45) is 4.40. The first-order chi connectivity index (χ1) is 11.6. The third-order valence-electron chi connectivity index (χ3n) is 4.57. The lowest BCUT2D eigenvalue weighted by atomic mass is 9.86. The van der Waals surface area contributed by atoms with Gasteiger partial charge in [0.05, 0.1) is 11.4 Å². The molecule has 6 heteroatoms. The molecule has 1 saturated carbocycles. The van der Waals surface area contributed by atoms with Crippen molar-refractivity contribution in [1.82, 2.24) is 15.6 Å². The number of aromatic nitrogens is 1. The number of carboxylic acid groups (broad SMARTS) is 1. The third-order valence-corrected chi connectivity index (χ3v) is 4.57. The molecule has 6 nitrogen and oxygen atoms in total. The van der Waals surface area contributed by atoms with Gasteiger partial charge in [0.1, 0.15) is 0 Å². The summed E-state index contributed by atoms with van der Waals surface area (Å²) in [5, 5.41) is 15.8. The van der Waals surface area contributed by atoms with E-state index in [4.69, 9.17) is 5.11 Å². The Labute approximate surface area is 140 Å². The van der Waals surface area contributed by atoms with Crippen LogP contribution in [-0.4, -0.2) is 28.1 Å². The monoisotopic (exact) mass is 327 g/mol. The topological polar surface area (TPSA) is 91.3 Å². The molecule has 1 fully saturated rings. The maximum atomic E-state index is 12.1. The molecule has 3 rings (SSSR count). The summed E-state index contributed by atoms with van der Waals surface area (Å²) in [5.41, 5.74) is 1.86. The smallest absolute Gasteiger partial charge is 0.315 e. The van der Waals surface area contributed by atoms with Crippen molar-refractivity contribution < 1.29 is 14.7 Å². The normalized spacial score (nSPS) is 20.5. The van der Waals surface area contributed by atoms with Gasteiger partial charge in [-0.25, -0.2) is 4.79 Å². The standard InChI is InChI=1S/C18H21N3O3/c22-17(23)13-6-8-15(9-7-13)21-18(24)20-11-14-4-1-3-12-5-2-10-19-16(12)14/h1-5,10,13,15H,6-9,11H2,(H,22,23)(H2,20,21,24). The van der Waals surface area contributed by atoms with Crippen molar-refractivity contribution in [3.63, 3.8) is 0 Å². The first-order valence-corrected chi connectivity index (χ1v) is 8.23. The number of nitrogens with one attached hydrogen (secondary N) is 2. The molecule has 0 unspecified atom stereocenters. The van der Waals surface area contributed by atoms with Crippen LogP contribution in [0, 0.1) is 5.92 Å². The second kappa shape index (κ2) is 7.29. The first-order valence-electron chi connectivity index (χ1n) is 8.23. The fourth-order valence-electron chi connectivity index (χ4n) is 3.21. The number of fused-ring (bicyclic) bond motifs is 1. The zero-order valence-electron chi connectivity index (χ0n) is 13.4. The summed E-state index contributed by atoms with van der Waals surface area (Å²) in [7, 11) is 0. The maximum absolute atomic E-state index is 12.1. The van der Waals surface area contributed by atoms with Gasteiger partial charge in [0.2, 0.25) is 0 Å². The van der Waals surface area contributed by atoms with Gasteiger partial charge in [0, 0.05) is 24.2 Å². The van der Waals surface area contributed by atoms with Crippen molar-refractivity contribution in [3.8, 4) is 0 Å². The first kappa shape index (κ1) is 16.2. The molecule has 3 N–H and O–H groups in total. The van der Waals surface area contributed by atoms with Gasteiger partial charge >= 0.3 is 12.0 Å². The molecule has 0 atom stereocenters. The summed E-state index contributed by atoms with van der Waals surface area (Å²) in [6, 6.07) is 9.60. The second-order valence-electron chi connectivity index (χ2n) is 6.21. The van der Waals surface area contributed by atoms with Crippen molar-refractivity contribution in [2.24, 2.45) is 5.92 Å². The summed E-state index contributed by atoms with van der Waals surface area (Å²) in [6.45, 7) is 0.407. The van der Waals surface area contributed by atoms with E-state index in [-0.39, 0.29) is 18.0 Å². The molecular weight excluding hydrogens is 306 g/mol. The van der Waals surface area contributed by atoms with E-state index < -0.39 is 5.97 Å². The van der Waals surface area contributed by atoms with Crippen molar-refractivity contribution in [1.29, 1.82) is 0 Å². The Morgan fingerprint density at radius 2 is 1.88 bits per heavy atom. The third kappa shape index (κ3) is 3.82. The van der Waals surface area contributed by atoms with E-state index in [9.17, 15) is 9.59 Å². The highest BCUT2D eigenvalue weighted by molar-refractivity contribution is 5.82. The lowest BCUT2D eigenvalue weighted by Crippen LogP contribution is -2.43. The lowest BCUT2D eigenvalue weighted by molar-refractivity contribution is -0.142. The number of carboxylic acids is 1. The molecule has 0 radical (unpaired) electrons. The zero-order chi connectivity index (χ0) is 16.9. The van der Waals surface area contributed by atoms with Crippen LogP contribution in [0.15, 0.2) is 36.5 Å². The molecule has 1 aromatic carbocycles.